The van der Waals surface area contributed by atoms with E-state index in [1.54, 1.807) is 17.7 Å². The molecule has 90 valence electrons. The zero-order chi connectivity index (χ0) is 12.8. The monoisotopic (exact) mass is 293 g/mol. The van der Waals surface area contributed by atoms with E-state index in [1.807, 2.05) is 0 Å². The van der Waals surface area contributed by atoms with Gasteiger partial charge in [0.05, 0.1) is 16.0 Å². The first-order chi connectivity index (χ1) is 7.80. The Bertz CT molecular complexity index is 603. The topological polar surface area (TPSA) is 61.0 Å². The van der Waals surface area contributed by atoms with Gasteiger partial charge in [-0.05, 0) is 6.07 Å². The lowest BCUT2D eigenvalue weighted by molar-refractivity contribution is -0.384. The molecule has 1 heterocycles. The van der Waals surface area contributed by atoms with E-state index < -0.39 is 8.72 Å². The number of aromatic nitrogens is 2. The maximum absolute atomic E-state index is 10.6. The highest BCUT2D eigenvalue weighted by Gasteiger charge is 2.29. The van der Waals surface area contributed by atoms with Gasteiger partial charge in [-0.2, -0.15) is 0 Å². The fourth-order valence-corrected chi connectivity index (χ4v) is 2.06. The lowest BCUT2D eigenvalue weighted by Crippen LogP contribution is -2.08. The number of fused-ring (bicyclic) bond motifs is 1. The molecule has 0 aliphatic carbocycles. The third-order valence-electron chi connectivity index (χ3n) is 2.33. The van der Waals surface area contributed by atoms with Gasteiger partial charge in [0, 0.05) is 19.2 Å². The van der Waals surface area contributed by atoms with E-state index >= 15 is 0 Å². The molecule has 0 saturated heterocycles. The van der Waals surface area contributed by atoms with Crippen molar-refractivity contribution in [2.75, 3.05) is 0 Å². The van der Waals surface area contributed by atoms with E-state index in [4.69, 9.17) is 34.8 Å². The van der Waals surface area contributed by atoms with Crippen molar-refractivity contribution < 1.29 is 4.92 Å². The van der Waals surface area contributed by atoms with E-state index in [9.17, 15) is 10.1 Å². The van der Waals surface area contributed by atoms with Crippen LogP contribution in [0, 0.1) is 10.1 Å². The summed E-state index contributed by atoms with van der Waals surface area (Å²) in [7, 11) is 1.68. The van der Waals surface area contributed by atoms with Crippen molar-refractivity contribution in [1.82, 2.24) is 9.55 Å². The molecule has 2 rings (SSSR count). The molecular formula is C9H6Cl3N3O2. The summed E-state index contributed by atoms with van der Waals surface area (Å²) in [4.78, 5) is 14.2. The van der Waals surface area contributed by atoms with Crippen LogP contribution in [-0.2, 0) is 10.8 Å². The third kappa shape index (κ3) is 2.18. The number of hydrogen-bond donors (Lipinski definition) is 0. The highest BCUT2D eigenvalue weighted by molar-refractivity contribution is 6.66. The molecule has 2 aromatic rings. The quantitative estimate of drug-likeness (QED) is 0.460. The molecule has 0 saturated carbocycles. The molecule has 0 atom stereocenters. The molecule has 0 spiro atoms. The second-order valence-corrected chi connectivity index (χ2v) is 5.70. The van der Waals surface area contributed by atoms with Gasteiger partial charge >= 0.3 is 0 Å². The van der Waals surface area contributed by atoms with Crippen LogP contribution in [0.25, 0.3) is 11.0 Å². The molecule has 0 fully saturated rings. The first-order valence-corrected chi connectivity index (χ1v) is 5.62. The summed E-state index contributed by atoms with van der Waals surface area (Å²) < 4.78 is -0.0748. The van der Waals surface area contributed by atoms with E-state index in [-0.39, 0.29) is 11.5 Å². The summed E-state index contributed by atoms with van der Waals surface area (Å²) in [5, 5.41) is 10.6. The Morgan fingerprint density at radius 1 is 1.41 bits per heavy atom. The number of non-ortho nitro benzene ring substituents is 1. The van der Waals surface area contributed by atoms with Gasteiger partial charge in [-0.3, -0.25) is 10.1 Å². The highest BCUT2D eigenvalue weighted by Crippen LogP contribution is 2.38. The number of halogens is 3. The van der Waals surface area contributed by atoms with E-state index in [0.717, 1.165) is 0 Å². The number of nitro benzene ring substituents is 1. The summed E-state index contributed by atoms with van der Waals surface area (Å²) in [6.45, 7) is 0. The summed E-state index contributed by atoms with van der Waals surface area (Å²) in [6.07, 6.45) is 0. The number of rotatable bonds is 1. The van der Waals surface area contributed by atoms with Gasteiger partial charge in [-0.1, -0.05) is 34.8 Å². The lowest BCUT2D eigenvalue weighted by Gasteiger charge is -2.09. The Morgan fingerprint density at radius 2 is 2.06 bits per heavy atom. The predicted molar refractivity (Wildman–Crippen MR) is 66.6 cm³/mol. The van der Waals surface area contributed by atoms with Crippen molar-refractivity contribution in [3.8, 4) is 0 Å². The van der Waals surface area contributed by atoms with Crippen molar-refractivity contribution >= 4 is 51.5 Å². The molecule has 0 bridgehead atoms. The number of nitrogens with zero attached hydrogens (tertiary/aromatic N) is 3. The highest BCUT2D eigenvalue weighted by atomic mass is 35.6. The summed E-state index contributed by atoms with van der Waals surface area (Å²) in [6, 6.07) is 4.29. The Kier molecular flexibility index (Phi) is 2.93. The van der Waals surface area contributed by atoms with Crippen LogP contribution in [0.2, 0.25) is 0 Å². The zero-order valence-electron chi connectivity index (χ0n) is 8.52. The summed E-state index contributed by atoms with van der Waals surface area (Å²) >= 11 is 17.3. The van der Waals surface area contributed by atoms with Crippen molar-refractivity contribution in [2.24, 2.45) is 7.05 Å². The molecule has 0 radical (unpaired) electrons. The smallest absolute Gasteiger partial charge is 0.271 e. The van der Waals surface area contributed by atoms with Crippen molar-refractivity contribution in [3.05, 3.63) is 34.1 Å². The molecule has 17 heavy (non-hydrogen) atoms. The minimum atomic E-state index is -1.66. The predicted octanol–water partition coefficient (Wildman–Crippen LogP) is 3.31. The van der Waals surface area contributed by atoms with Gasteiger partial charge in [-0.25, -0.2) is 4.98 Å². The van der Waals surface area contributed by atoms with Gasteiger partial charge in [0.2, 0.25) is 3.79 Å². The van der Waals surface area contributed by atoms with Crippen molar-refractivity contribution in [3.63, 3.8) is 0 Å². The number of benzene rings is 1. The van der Waals surface area contributed by atoms with E-state index in [0.29, 0.717) is 11.0 Å². The van der Waals surface area contributed by atoms with Crippen LogP contribution in [0.5, 0.6) is 0 Å². The van der Waals surface area contributed by atoms with Crippen LogP contribution in [0.3, 0.4) is 0 Å². The standard InChI is InChI=1S/C9H6Cl3N3O2/c1-14-7-3-2-5(15(16)17)4-6(7)13-8(14)9(10,11)12/h2-4H,1H3. The Labute approximate surface area is 111 Å². The Hall–Kier alpha value is -1.04. The average molecular weight is 295 g/mol. The fraction of sp³-hybridized carbons (Fsp3) is 0.222. The molecule has 0 N–H and O–H groups in total. The second-order valence-electron chi connectivity index (χ2n) is 3.42. The van der Waals surface area contributed by atoms with Crippen LogP contribution < -0.4 is 0 Å². The Morgan fingerprint density at radius 3 is 2.59 bits per heavy atom. The van der Waals surface area contributed by atoms with Gasteiger partial charge in [-0.15, -0.1) is 0 Å². The number of nitro groups is 1. The van der Waals surface area contributed by atoms with Crippen LogP contribution in [0.15, 0.2) is 18.2 Å². The molecule has 0 aliphatic rings. The zero-order valence-corrected chi connectivity index (χ0v) is 10.8. The van der Waals surface area contributed by atoms with E-state index in [2.05, 4.69) is 4.98 Å². The van der Waals surface area contributed by atoms with Gasteiger partial charge < -0.3 is 4.57 Å². The van der Waals surface area contributed by atoms with Crippen LogP contribution in [-0.4, -0.2) is 14.5 Å². The Balaban J connectivity index is 2.70. The van der Waals surface area contributed by atoms with Gasteiger partial charge in [0.15, 0.2) is 5.82 Å². The number of hydrogen-bond acceptors (Lipinski definition) is 3. The molecule has 5 nitrogen and oxygen atoms in total. The van der Waals surface area contributed by atoms with Crippen LogP contribution in [0.4, 0.5) is 5.69 Å². The normalized spacial score (nSPS) is 12.0. The number of alkyl halides is 3. The van der Waals surface area contributed by atoms with Crippen LogP contribution in [0.1, 0.15) is 5.82 Å². The first kappa shape index (κ1) is 12.4. The molecule has 1 aromatic carbocycles. The molecule has 1 aromatic heterocycles. The SMILES string of the molecule is Cn1c(C(Cl)(Cl)Cl)nc2cc([N+](=O)[O-])ccc21. The lowest BCUT2D eigenvalue weighted by atomic mass is 10.3. The van der Waals surface area contributed by atoms with E-state index in [1.165, 1.54) is 12.1 Å². The van der Waals surface area contributed by atoms with Gasteiger partial charge in [0.1, 0.15) is 0 Å². The van der Waals surface area contributed by atoms with Crippen LogP contribution >= 0.6 is 34.8 Å². The first-order valence-electron chi connectivity index (χ1n) is 4.49. The molecule has 8 heteroatoms. The number of aryl methyl sites for hydroxylation is 1. The van der Waals surface area contributed by atoms with Crippen molar-refractivity contribution in [1.29, 1.82) is 0 Å². The maximum atomic E-state index is 10.6. The van der Waals surface area contributed by atoms with Crippen molar-refractivity contribution in [2.45, 2.75) is 3.79 Å². The third-order valence-corrected chi connectivity index (χ3v) is 2.84. The molecule has 0 unspecified atom stereocenters. The van der Waals surface area contributed by atoms with Gasteiger partial charge in [0.25, 0.3) is 5.69 Å². The number of imidazole rings is 1. The summed E-state index contributed by atoms with van der Waals surface area (Å²) in [5.41, 5.74) is 1.03. The summed E-state index contributed by atoms with van der Waals surface area (Å²) in [5.74, 6) is 0.220. The molecule has 0 aliphatic heterocycles. The fourth-order valence-electron chi connectivity index (χ4n) is 1.56. The molecule has 0 amide bonds. The second kappa shape index (κ2) is 4.01. The average Bonchev–Trinajstić information content (AvgIpc) is 2.55. The maximum Gasteiger partial charge on any atom is 0.271 e. The largest absolute Gasteiger partial charge is 0.327 e. The minimum Gasteiger partial charge on any atom is -0.327 e. The minimum absolute atomic E-state index is 0.0496. The molecular weight excluding hydrogens is 288 g/mol.